The Labute approximate surface area is 512 Å². The molecule has 1 atom stereocenters. The fraction of sp³-hybridized carbons (Fsp3) is 0.882. The van der Waals surface area contributed by atoms with Crippen molar-refractivity contribution in [1.29, 1.82) is 0 Å². The second kappa shape index (κ2) is 71.1. The van der Waals surface area contributed by atoms with Gasteiger partial charge in [-0.15, -0.1) is 0 Å². The van der Waals surface area contributed by atoms with Gasteiger partial charge in [-0.2, -0.15) is 0 Å². The van der Waals surface area contributed by atoms with Crippen molar-refractivity contribution in [2.45, 2.75) is 419 Å². The minimum absolute atomic E-state index is 0.0662. The third-order valence-electron chi connectivity index (χ3n) is 16.9. The van der Waals surface area contributed by atoms with Gasteiger partial charge >= 0.3 is 17.9 Å². The van der Waals surface area contributed by atoms with E-state index in [1.165, 1.54) is 302 Å². The van der Waals surface area contributed by atoms with E-state index in [1.54, 1.807) is 0 Å². The fourth-order valence-electron chi connectivity index (χ4n) is 11.3. The Morgan fingerprint density at radius 1 is 0.244 bits per heavy atom. The van der Waals surface area contributed by atoms with E-state index in [0.717, 1.165) is 70.6 Å². The maximum Gasteiger partial charge on any atom is 0.306 e. The van der Waals surface area contributed by atoms with Crippen LogP contribution in [0.15, 0.2) is 36.5 Å². The topological polar surface area (TPSA) is 78.9 Å². The summed E-state index contributed by atoms with van der Waals surface area (Å²) < 4.78 is 16.9. The van der Waals surface area contributed by atoms with Crippen LogP contribution in [0.1, 0.15) is 412 Å². The molecule has 0 rings (SSSR count). The third-order valence-corrected chi connectivity index (χ3v) is 16.9. The lowest BCUT2D eigenvalue weighted by Crippen LogP contribution is -2.30. The second-order valence-electron chi connectivity index (χ2n) is 25.2. The van der Waals surface area contributed by atoms with E-state index in [0.29, 0.717) is 19.3 Å². The van der Waals surface area contributed by atoms with Gasteiger partial charge in [0.15, 0.2) is 6.10 Å². The van der Waals surface area contributed by atoms with Gasteiger partial charge in [-0.25, -0.2) is 0 Å². The molecule has 0 aromatic carbocycles. The Morgan fingerprint density at radius 3 is 0.683 bits per heavy atom. The Bertz CT molecular complexity index is 1370. The van der Waals surface area contributed by atoms with Crippen molar-refractivity contribution in [2.24, 2.45) is 0 Å². The molecule has 0 radical (unpaired) electrons. The lowest BCUT2D eigenvalue weighted by atomic mass is 10.0. The molecule has 0 saturated carbocycles. The first-order valence-corrected chi connectivity index (χ1v) is 37.0. The van der Waals surface area contributed by atoms with Crippen molar-refractivity contribution >= 4 is 17.9 Å². The van der Waals surface area contributed by atoms with E-state index in [-0.39, 0.29) is 31.1 Å². The van der Waals surface area contributed by atoms with Crippen LogP contribution in [0.4, 0.5) is 0 Å². The zero-order chi connectivity index (χ0) is 59.2. The maximum absolute atomic E-state index is 12.9. The molecule has 482 valence electrons. The lowest BCUT2D eigenvalue weighted by molar-refractivity contribution is -0.167. The van der Waals surface area contributed by atoms with Crippen LogP contribution >= 0.6 is 0 Å². The summed E-state index contributed by atoms with van der Waals surface area (Å²) in [5.41, 5.74) is 0. The van der Waals surface area contributed by atoms with Gasteiger partial charge in [-0.1, -0.05) is 372 Å². The summed E-state index contributed by atoms with van der Waals surface area (Å²) in [5, 5.41) is 0. The molecule has 0 aromatic heterocycles. The summed E-state index contributed by atoms with van der Waals surface area (Å²) in [6.45, 7) is 6.68. The molecule has 1 unspecified atom stereocenters. The largest absolute Gasteiger partial charge is 0.462 e. The number of allylic oxidation sites excluding steroid dienone is 6. The van der Waals surface area contributed by atoms with Crippen molar-refractivity contribution in [3.05, 3.63) is 36.5 Å². The molecule has 0 aliphatic heterocycles. The number of carbonyl (C=O) groups is 3. The average Bonchev–Trinajstić information content (AvgIpc) is 3.47. The van der Waals surface area contributed by atoms with Crippen molar-refractivity contribution in [3.8, 4) is 0 Å². The van der Waals surface area contributed by atoms with Crippen LogP contribution in [0.25, 0.3) is 0 Å². The van der Waals surface area contributed by atoms with E-state index in [9.17, 15) is 14.4 Å². The van der Waals surface area contributed by atoms with Gasteiger partial charge in [0.25, 0.3) is 0 Å². The van der Waals surface area contributed by atoms with Gasteiger partial charge < -0.3 is 14.2 Å². The number of unbranched alkanes of at least 4 members (excludes halogenated alkanes) is 52. The highest BCUT2D eigenvalue weighted by molar-refractivity contribution is 5.71. The number of hydrogen-bond acceptors (Lipinski definition) is 6. The minimum atomic E-state index is -0.768. The van der Waals surface area contributed by atoms with E-state index in [4.69, 9.17) is 14.2 Å². The van der Waals surface area contributed by atoms with Crippen LogP contribution < -0.4 is 0 Å². The molecule has 0 fully saturated rings. The van der Waals surface area contributed by atoms with E-state index in [1.807, 2.05) is 0 Å². The molecule has 0 spiro atoms. The first kappa shape index (κ1) is 79.6. The van der Waals surface area contributed by atoms with Gasteiger partial charge in [0, 0.05) is 19.3 Å². The Balaban J connectivity index is 4.04. The number of rotatable bonds is 69. The Kier molecular flexibility index (Phi) is 69.1. The molecule has 6 heteroatoms. The zero-order valence-electron chi connectivity index (χ0n) is 55.5. The van der Waals surface area contributed by atoms with Crippen LogP contribution in [-0.2, 0) is 28.6 Å². The van der Waals surface area contributed by atoms with Crippen molar-refractivity contribution < 1.29 is 28.6 Å². The molecule has 0 heterocycles. The molecule has 0 bridgehead atoms. The molecular weight excluding hydrogens is 1010 g/mol. The van der Waals surface area contributed by atoms with Crippen LogP contribution in [0.3, 0.4) is 0 Å². The predicted octanol–water partition coefficient (Wildman–Crippen LogP) is 25.5. The highest BCUT2D eigenvalue weighted by atomic mass is 16.6. The standard InChI is InChI=1S/C76H142O6/c1-4-7-10-13-16-19-21-23-25-27-29-31-33-35-37-38-40-41-43-45-47-49-51-53-55-57-60-63-66-69-75(78)81-72-73(71-80-74(77)68-65-62-59-18-15-12-9-6-3)82-76(79)70-67-64-61-58-56-54-52-50-48-46-44-42-39-36-34-32-30-28-26-24-22-20-17-14-11-8-5-2/h21,23,27,29,33,35,73H,4-20,22,24-26,28,30-32,34,36-72H2,1-3H3/b23-21-,29-27-,35-33-. The average molecular weight is 1150 g/mol. The van der Waals surface area contributed by atoms with Crippen molar-refractivity contribution in [2.75, 3.05) is 13.2 Å². The molecule has 6 nitrogen and oxygen atoms in total. The van der Waals surface area contributed by atoms with Crippen molar-refractivity contribution in [1.82, 2.24) is 0 Å². The Hall–Kier alpha value is -2.37. The third kappa shape index (κ3) is 68.4. The second-order valence-corrected chi connectivity index (χ2v) is 25.2. The number of hydrogen-bond donors (Lipinski definition) is 0. The normalized spacial score (nSPS) is 12.2. The van der Waals surface area contributed by atoms with Crippen LogP contribution in [0, 0.1) is 0 Å². The molecule has 0 N–H and O–H groups in total. The van der Waals surface area contributed by atoms with Crippen LogP contribution in [0.5, 0.6) is 0 Å². The van der Waals surface area contributed by atoms with Crippen LogP contribution in [0.2, 0.25) is 0 Å². The SMILES string of the molecule is CCCCCCC/C=C\C/C=C\C/C=C\CCCCCCCCCCCCCCCCC(=O)OCC(COC(=O)CCCCCCCCCC)OC(=O)CCCCCCCCCCCCCCCCCCCCCCCCCCCCC. The van der Waals surface area contributed by atoms with Gasteiger partial charge in [0.05, 0.1) is 0 Å². The summed E-state index contributed by atoms with van der Waals surface area (Å²) in [7, 11) is 0. The fourth-order valence-corrected chi connectivity index (χ4v) is 11.3. The van der Waals surface area contributed by atoms with E-state index < -0.39 is 6.10 Å². The summed E-state index contributed by atoms with van der Waals surface area (Å²) in [5.74, 6) is -0.842. The van der Waals surface area contributed by atoms with Gasteiger partial charge in [0.2, 0.25) is 0 Å². The minimum Gasteiger partial charge on any atom is -0.462 e. The summed E-state index contributed by atoms with van der Waals surface area (Å²) in [6.07, 6.45) is 89.3. The maximum atomic E-state index is 12.9. The molecule has 0 amide bonds. The number of ether oxygens (including phenoxy) is 3. The van der Waals surface area contributed by atoms with Gasteiger partial charge in [0.1, 0.15) is 13.2 Å². The molecule has 0 aromatic rings. The van der Waals surface area contributed by atoms with Crippen LogP contribution in [-0.4, -0.2) is 37.2 Å². The van der Waals surface area contributed by atoms with Gasteiger partial charge in [-0.05, 0) is 57.8 Å². The van der Waals surface area contributed by atoms with E-state index >= 15 is 0 Å². The molecule has 0 aliphatic rings. The number of carbonyl (C=O) groups excluding carboxylic acids is 3. The quantitative estimate of drug-likeness (QED) is 0.0261. The summed E-state index contributed by atoms with van der Waals surface area (Å²) >= 11 is 0. The molecule has 82 heavy (non-hydrogen) atoms. The highest BCUT2D eigenvalue weighted by Gasteiger charge is 2.20. The molecule has 0 saturated heterocycles. The number of esters is 3. The predicted molar refractivity (Wildman–Crippen MR) is 358 cm³/mol. The summed E-state index contributed by atoms with van der Waals surface area (Å²) in [6, 6.07) is 0. The first-order chi connectivity index (χ1) is 40.5. The smallest absolute Gasteiger partial charge is 0.306 e. The lowest BCUT2D eigenvalue weighted by Gasteiger charge is -2.18. The molecule has 0 aliphatic carbocycles. The monoisotopic (exact) mass is 1150 g/mol. The first-order valence-electron chi connectivity index (χ1n) is 37.0. The highest BCUT2D eigenvalue weighted by Crippen LogP contribution is 2.19. The van der Waals surface area contributed by atoms with Gasteiger partial charge in [-0.3, -0.25) is 14.4 Å². The molecular formula is C76H142O6. The zero-order valence-corrected chi connectivity index (χ0v) is 55.5. The van der Waals surface area contributed by atoms with E-state index in [2.05, 4.69) is 57.2 Å². The van der Waals surface area contributed by atoms with Crippen molar-refractivity contribution in [3.63, 3.8) is 0 Å². The summed E-state index contributed by atoms with van der Waals surface area (Å²) in [4.78, 5) is 38.3. The Morgan fingerprint density at radius 2 is 0.439 bits per heavy atom.